The second-order valence-corrected chi connectivity index (χ2v) is 7.41. The maximum atomic E-state index is 12.6. The zero-order chi connectivity index (χ0) is 16.4. The molecule has 0 saturated heterocycles. The average molecular weight is 343 g/mol. The summed E-state index contributed by atoms with van der Waals surface area (Å²) in [6.07, 6.45) is 5.68. The van der Waals surface area contributed by atoms with Crippen LogP contribution in [0.2, 0.25) is 0 Å². The zero-order valence-corrected chi connectivity index (χ0v) is 14.4. The topological polar surface area (TPSA) is 63.9 Å². The van der Waals surface area contributed by atoms with E-state index in [-0.39, 0.29) is 5.91 Å². The number of hydrogen-bond donors (Lipinski definition) is 0. The van der Waals surface area contributed by atoms with Crippen molar-refractivity contribution in [2.75, 3.05) is 12.3 Å². The Bertz CT molecular complexity index is 725. The lowest BCUT2D eigenvalue weighted by atomic mass is 10.00. The maximum Gasteiger partial charge on any atom is 0.233 e. The molecular weight excluding hydrogens is 322 g/mol. The second-order valence-electron chi connectivity index (χ2n) is 6.47. The summed E-state index contributed by atoms with van der Waals surface area (Å²) in [7, 11) is 0. The van der Waals surface area contributed by atoms with Gasteiger partial charge in [0.15, 0.2) is 0 Å². The summed E-state index contributed by atoms with van der Waals surface area (Å²) in [5.41, 5.74) is 2.62. The standard InChI is InChI=1S/C17H21N5OS/c23-16(21-10-9-13-5-1-2-6-14(13)11-21)12-24-17-18-19-20-22(17)15-7-3-4-8-15/h1-2,5-6,15H,3-4,7-12H2. The Kier molecular flexibility index (Phi) is 4.51. The lowest BCUT2D eigenvalue weighted by Gasteiger charge is -2.28. The molecule has 1 aliphatic heterocycles. The van der Waals surface area contributed by atoms with Gasteiger partial charge in [0.25, 0.3) is 0 Å². The molecular formula is C17H21N5OS. The number of nitrogens with zero attached hydrogens (tertiary/aromatic N) is 5. The Morgan fingerprint density at radius 1 is 1.21 bits per heavy atom. The molecule has 0 radical (unpaired) electrons. The molecule has 0 N–H and O–H groups in total. The van der Waals surface area contributed by atoms with Gasteiger partial charge in [0.2, 0.25) is 11.1 Å². The van der Waals surface area contributed by atoms with Crippen molar-refractivity contribution in [3.63, 3.8) is 0 Å². The molecule has 1 aliphatic carbocycles. The smallest absolute Gasteiger partial charge is 0.233 e. The van der Waals surface area contributed by atoms with Crippen LogP contribution < -0.4 is 0 Å². The largest absolute Gasteiger partial charge is 0.337 e. The van der Waals surface area contributed by atoms with Gasteiger partial charge in [0.1, 0.15) is 0 Å². The van der Waals surface area contributed by atoms with Crippen molar-refractivity contribution in [3.05, 3.63) is 35.4 Å². The first-order valence-electron chi connectivity index (χ1n) is 8.56. The lowest BCUT2D eigenvalue weighted by Crippen LogP contribution is -2.37. The van der Waals surface area contributed by atoms with Crippen molar-refractivity contribution >= 4 is 17.7 Å². The predicted molar refractivity (Wildman–Crippen MR) is 91.6 cm³/mol. The number of amides is 1. The van der Waals surface area contributed by atoms with E-state index in [0.717, 1.165) is 31.0 Å². The van der Waals surface area contributed by atoms with Crippen LogP contribution in [0.4, 0.5) is 0 Å². The van der Waals surface area contributed by atoms with Gasteiger partial charge in [-0.1, -0.05) is 48.9 Å². The summed E-state index contributed by atoms with van der Waals surface area (Å²) >= 11 is 1.46. The molecule has 2 heterocycles. The summed E-state index contributed by atoms with van der Waals surface area (Å²) in [5.74, 6) is 0.561. The van der Waals surface area contributed by atoms with E-state index in [1.807, 2.05) is 15.6 Å². The molecule has 1 fully saturated rings. The summed E-state index contributed by atoms with van der Waals surface area (Å²) in [5, 5.41) is 12.8. The number of rotatable bonds is 4. The lowest BCUT2D eigenvalue weighted by molar-refractivity contribution is -0.129. The first kappa shape index (κ1) is 15.6. The minimum Gasteiger partial charge on any atom is -0.337 e. The van der Waals surface area contributed by atoms with Crippen LogP contribution >= 0.6 is 11.8 Å². The molecule has 1 aromatic carbocycles. The van der Waals surface area contributed by atoms with E-state index < -0.39 is 0 Å². The summed E-state index contributed by atoms with van der Waals surface area (Å²) in [4.78, 5) is 14.5. The molecule has 126 valence electrons. The minimum atomic E-state index is 0.162. The number of carbonyl (C=O) groups is 1. The second kappa shape index (κ2) is 6.93. The van der Waals surface area contributed by atoms with E-state index in [9.17, 15) is 4.79 Å². The molecule has 1 saturated carbocycles. The van der Waals surface area contributed by atoms with Gasteiger partial charge in [-0.25, -0.2) is 4.68 Å². The van der Waals surface area contributed by atoms with Crippen molar-refractivity contribution in [2.24, 2.45) is 0 Å². The fraction of sp³-hybridized carbons (Fsp3) is 0.529. The molecule has 1 amide bonds. The molecule has 6 nitrogen and oxygen atoms in total. The SMILES string of the molecule is O=C(CSc1nnnn1C1CCCC1)N1CCc2ccccc2C1. The number of carbonyl (C=O) groups excluding carboxylic acids is 1. The quantitative estimate of drug-likeness (QED) is 0.798. The first-order valence-corrected chi connectivity index (χ1v) is 9.55. The van der Waals surface area contributed by atoms with Gasteiger partial charge in [-0.05, 0) is 40.8 Å². The van der Waals surface area contributed by atoms with Crippen LogP contribution in [0, 0.1) is 0 Å². The van der Waals surface area contributed by atoms with Crippen molar-refractivity contribution in [1.82, 2.24) is 25.1 Å². The Morgan fingerprint density at radius 3 is 2.83 bits per heavy atom. The number of fused-ring (bicyclic) bond motifs is 1. The normalized spacial score (nSPS) is 17.9. The van der Waals surface area contributed by atoms with Crippen LogP contribution in [0.1, 0.15) is 42.9 Å². The predicted octanol–water partition coefficient (Wildman–Crippen LogP) is 2.47. The Labute approximate surface area is 145 Å². The van der Waals surface area contributed by atoms with Gasteiger partial charge >= 0.3 is 0 Å². The van der Waals surface area contributed by atoms with Crippen molar-refractivity contribution in [2.45, 2.75) is 49.8 Å². The van der Waals surface area contributed by atoms with E-state index in [0.29, 0.717) is 18.3 Å². The summed E-state index contributed by atoms with van der Waals surface area (Å²) < 4.78 is 1.91. The third kappa shape index (κ3) is 3.17. The average Bonchev–Trinajstić information content (AvgIpc) is 3.30. The van der Waals surface area contributed by atoms with Crippen LogP contribution in [-0.2, 0) is 17.8 Å². The van der Waals surface area contributed by atoms with Gasteiger partial charge in [0, 0.05) is 13.1 Å². The molecule has 2 aliphatic rings. The molecule has 0 atom stereocenters. The Hall–Kier alpha value is -1.89. The number of benzene rings is 1. The molecule has 1 aromatic heterocycles. The van der Waals surface area contributed by atoms with E-state index in [4.69, 9.17) is 0 Å². The third-order valence-electron chi connectivity index (χ3n) is 4.94. The van der Waals surface area contributed by atoms with E-state index in [1.165, 1.54) is 35.7 Å². The van der Waals surface area contributed by atoms with Gasteiger partial charge < -0.3 is 4.90 Å². The van der Waals surface area contributed by atoms with Crippen LogP contribution in [0.5, 0.6) is 0 Å². The molecule has 0 bridgehead atoms. The van der Waals surface area contributed by atoms with E-state index in [1.54, 1.807) is 0 Å². The first-order chi connectivity index (χ1) is 11.8. The van der Waals surface area contributed by atoms with Crippen molar-refractivity contribution < 1.29 is 4.79 Å². The molecule has 4 rings (SSSR count). The highest BCUT2D eigenvalue weighted by Crippen LogP contribution is 2.31. The Balaban J connectivity index is 1.37. The number of thioether (sulfide) groups is 1. The highest BCUT2D eigenvalue weighted by molar-refractivity contribution is 7.99. The number of hydrogen-bond acceptors (Lipinski definition) is 5. The summed E-state index contributed by atoms with van der Waals surface area (Å²) in [6.45, 7) is 1.51. The highest BCUT2D eigenvalue weighted by Gasteiger charge is 2.24. The fourth-order valence-corrected chi connectivity index (χ4v) is 4.43. The molecule has 24 heavy (non-hydrogen) atoms. The van der Waals surface area contributed by atoms with Gasteiger partial charge in [0.05, 0.1) is 11.8 Å². The monoisotopic (exact) mass is 343 g/mol. The van der Waals surface area contributed by atoms with Gasteiger partial charge in [-0.2, -0.15) is 0 Å². The van der Waals surface area contributed by atoms with E-state index in [2.05, 4.69) is 33.7 Å². The van der Waals surface area contributed by atoms with Crippen LogP contribution in [0.15, 0.2) is 29.4 Å². The highest BCUT2D eigenvalue weighted by atomic mass is 32.2. The molecule has 0 spiro atoms. The van der Waals surface area contributed by atoms with E-state index >= 15 is 0 Å². The minimum absolute atomic E-state index is 0.162. The Morgan fingerprint density at radius 2 is 2.00 bits per heavy atom. The van der Waals surface area contributed by atoms with Gasteiger partial charge in [-0.3, -0.25) is 4.79 Å². The fourth-order valence-electron chi connectivity index (χ4n) is 3.58. The molecule has 0 unspecified atom stereocenters. The van der Waals surface area contributed by atoms with Crippen LogP contribution in [0.3, 0.4) is 0 Å². The van der Waals surface area contributed by atoms with Crippen LogP contribution in [-0.4, -0.2) is 43.3 Å². The van der Waals surface area contributed by atoms with Crippen molar-refractivity contribution in [3.8, 4) is 0 Å². The number of tetrazole rings is 1. The third-order valence-corrected chi connectivity index (χ3v) is 5.86. The zero-order valence-electron chi connectivity index (χ0n) is 13.6. The number of aromatic nitrogens is 4. The molecule has 7 heteroatoms. The molecule has 2 aromatic rings. The maximum absolute atomic E-state index is 12.6. The van der Waals surface area contributed by atoms with Gasteiger partial charge in [-0.15, -0.1) is 5.10 Å². The van der Waals surface area contributed by atoms with Crippen molar-refractivity contribution in [1.29, 1.82) is 0 Å². The summed E-state index contributed by atoms with van der Waals surface area (Å²) in [6, 6.07) is 8.77. The van der Waals surface area contributed by atoms with Crippen LogP contribution in [0.25, 0.3) is 0 Å².